The molecule has 0 aromatic heterocycles. The zero-order valence-electron chi connectivity index (χ0n) is 13.5. The van der Waals surface area contributed by atoms with E-state index >= 15 is 0 Å². The molecule has 1 aromatic rings. The van der Waals surface area contributed by atoms with E-state index in [2.05, 4.69) is 23.9 Å². The Morgan fingerprint density at radius 3 is 2.38 bits per heavy atom. The van der Waals surface area contributed by atoms with E-state index in [0.29, 0.717) is 10.9 Å². The molecule has 0 aliphatic heterocycles. The summed E-state index contributed by atoms with van der Waals surface area (Å²) in [6.07, 6.45) is 2.78. The van der Waals surface area contributed by atoms with Crippen molar-refractivity contribution >= 4 is 10.0 Å². The topological polar surface area (TPSA) is 58.2 Å². The first-order chi connectivity index (χ1) is 9.90. The highest BCUT2D eigenvalue weighted by Gasteiger charge is 2.20. The van der Waals surface area contributed by atoms with Gasteiger partial charge < -0.3 is 5.32 Å². The van der Waals surface area contributed by atoms with Gasteiger partial charge in [-0.15, -0.1) is 0 Å². The predicted molar refractivity (Wildman–Crippen MR) is 88.0 cm³/mol. The molecule has 0 bridgehead atoms. The van der Waals surface area contributed by atoms with Gasteiger partial charge in [-0.1, -0.05) is 32.0 Å². The van der Waals surface area contributed by atoms with Crippen molar-refractivity contribution in [1.82, 2.24) is 10.0 Å². The van der Waals surface area contributed by atoms with Crippen LogP contribution in [0.15, 0.2) is 29.2 Å². The summed E-state index contributed by atoms with van der Waals surface area (Å²) in [7, 11) is -3.44. The third-order valence-electron chi connectivity index (χ3n) is 3.30. The number of benzene rings is 1. The Morgan fingerprint density at radius 2 is 1.81 bits per heavy atom. The molecule has 5 heteroatoms. The van der Waals surface area contributed by atoms with Crippen molar-refractivity contribution in [3.63, 3.8) is 0 Å². The highest BCUT2D eigenvalue weighted by molar-refractivity contribution is 7.89. The van der Waals surface area contributed by atoms with Gasteiger partial charge in [0.1, 0.15) is 0 Å². The first kappa shape index (κ1) is 18.1. The van der Waals surface area contributed by atoms with E-state index < -0.39 is 10.0 Å². The molecule has 120 valence electrons. The van der Waals surface area contributed by atoms with Gasteiger partial charge in [0.2, 0.25) is 10.0 Å². The molecule has 0 heterocycles. The summed E-state index contributed by atoms with van der Waals surface area (Å²) in [4.78, 5) is 0.399. The molecule has 0 spiro atoms. The number of hydrogen-bond donors (Lipinski definition) is 2. The standard InChI is InChI=1S/C16H28N2O2S/c1-5-11-17-15(6-2)12-14-9-7-8-10-16(14)21(19,20)18-13(3)4/h7-10,13,15,17-18H,5-6,11-12H2,1-4H3. The zero-order chi connectivity index (χ0) is 15.9. The maximum Gasteiger partial charge on any atom is 0.241 e. The maximum absolute atomic E-state index is 12.4. The summed E-state index contributed by atoms with van der Waals surface area (Å²) in [5, 5.41) is 3.47. The van der Waals surface area contributed by atoms with Crippen LogP contribution in [0.5, 0.6) is 0 Å². The Hall–Kier alpha value is -0.910. The molecule has 0 amide bonds. The van der Waals surface area contributed by atoms with Crippen LogP contribution in [0.25, 0.3) is 0 Å². The Balaban J connectivity index is 2.98. The lowest BCUT2D eigenvalue weighted by atomic mass is 10.0. The van der Waals surface area contributed by atoms with Crippen LogP contribution in [0, 0.1) is 0 Å². The molecule has 4 nitrogen and oxygen atoms in total. The Kier molecular flexibility index (Phi) is 7.35. The largest absolute Gasteiger partial charge is 0.314 e. The summed E-state index contributed by atoms with van der Waals surface area (Å²) < 4.78 is 27.5. The fourth-order valence-corrected chi connectivity index (χ4v) is 3.79. The minimum atomic E-state index is -3.44. The second-order valence-electron chi connectivity index (χ2n) is 5.65. The van der Waals surface area contributed by atoms with Crippen molar-refractivity contribution in [3.8, 4) is 0 Å². The second kappa shape index (κ2) is 8.51. The van der Waals surface area contributed by atoms with Crippen LogP contribution in [0.3, 0.4) is 0 Å². The van der Waals surface area contributed by atoms with Crippen LogP contribution in [0.2, 0.25) is 0 Å². The van der Waals surface area contributed by atoms with Crippen molar-refractivity contribution in [2.45, 2.75) is 63.9 Å². The molecule has 1 rings (SSSR count). The maximum atomic E-state index is 12.4. The molecule has 1 atom stereocenters. The van der Waals surface area contributed by atoms with E-state index in [1.165, 1.54) is 0 Å². The minimum absolute atomic E-state index is 0.108. The average Bonchev–Trinajstić information content (AvgIpc) is 2.42. The highest BCUT2D eigenvalue weighted by atomic mass is 32.2. The summed E-state index contributed by atoms with van der Waals surface area (Å²) in [6, 6.07) is 7.47. The zero-order valence-corrected chi connectivity index (χ0v) is 14.3. The van der Waals surface area contributed by atoms with Crippen molar-refractivity contribution in [3.05, 3.63) is 29.8 Å². The fourth-order valence-electron chi connectivity index (χ4n) is 2.28. The number of nitrogens with one attached hydrogen (secondary N) is 2. The van der Waals surface area contributed by atoms with Gasteiger partial charge in [0, 0.05) is 12.1 Å². The molecule has 0 aliphatic carbocycles. The Morgan fingerprint density at radius 1 is 1.14 bits per heavy atom. The van der Waals surface area contributed by atoms with Gasteiger partial charge in [0.15, 0.2) is 0 Å². The molecule has 21 heavy (non-hydrogen) atoms. The lowest BCUT2D eigenvalue weighted by Crippen LogP contribution is -2.33. The van der Waals surface area contributed by atoms with E-state index in [1.807, 2.05) is 26.0 Å². The van der Waals surface area contributed by atoms with Crippen molar-refractivity contribution in [2.75, 3.05) is 6.54 Å². The fraction of sp³-hybridized carbons (Fsp3) is 0.625. The van der Waals surface area contributed by atoms with E-state index in [4.69, 9.17) is 0 Å². The number of hydrogen-bond acceptors (Lipinski definition) is 3. The summed E-state index contributed by atoms with van der Waals surface area (Å²) in [6.45, 7) is 8.87. The quantitative estimate of drug-likeness (QED) is 0.737. The van der Waals surface area contributed by atoms with Gasteiger partial charge in [0.05, 0.1) is 4.90 Å². The molecule has 1 unspecified atom stereocenters. The number of sulfonamides is 1. The van der Waals surface area contributed by atoms with Crippen LogP contribution in [0.4, 0.5) is 0 Å². The smallest absolute Gasteiger partial charge is 0.241 e. The highest BCUT2D eigenvalue weighted by Crippen LogP contribution is 2.18. The normalized spacial score (nSPS) is 13.6. The first-order valence-corrected chi connectivity index (χ1v) is 9.22. The number of rotatable bonds is 9. The van der Waals surface area contributed by atoms with Crippen LogP contribution in [-0.4, -0.2) is 27.0 Å². The van der Waals surface area contributed by atoms with E-state index in [1.54, 1.807) is 12.1 Å². The van der Waals surface area contributed by atoms with Gasteiger partial charge in [-0.3, -0.25) is 0 Å². The molecule has 1 aromatic carbocycles. The molecule has 0 aliphatic rings. The third-order valence-corrected chi connectivity index (χ3v) is 5.05. The second-order valence-corrected chi connectivity index (χ2v) is 7.33. The molecular weight excluding hydrogens is 284 g/mol. The van der Waals surface area contributed by atoms with E-state index in [0.717, 1.165) is 31.4 Å². The predicted octanol–water partition coefficient (Wildman–Crippen LogP) is 2.69. The Bertz CT molecular complexity index is 527. The summed E-state index contributed by atoms with van der Waals surface area (Å²) >= 11 is 0. The van der Waals surface area contributed by atoms with Crippen molar-refractivity contribution in [2.24, 2.45) is 0 Å². The molecule has 0 saturated carbocycles. The summed E-state index contributed by atoms with van der Waals surface area (Å²) in [5.74, 6) is 0. The minimum Gasteiger partial charge on any atom is -0.314 e. The average molecular weight is 312 g/mol. The Labute approximate surface area is 129 Å². The lowest BCUT2D eigenvalue weighted by molar-refractivity contribution is 0.491. The summed E-state index contributed by atoms with van der Waals surface area (Å²) in [5.41, 5.74) is 0.876. The molecule has 0 fully saturated rings. The molecular formula is C16H28N2O2S. The third kappa shape index (κ3) is 5.77. The van der Waals surface area contributed by atoms with Gasteiger partial charge in [-0.2, -0.15) is 0 Å². The monoisotopic (exact) mass is 312 g/mol. The van der Waals surface area contributed by atoms with Gasteiger partial charge in [0.25, 0.3) is 0 Å². The lowest BCUT2D eigenvalue weighted by Gasteiger charge is -2.19. The van der Waals surface area contributed by atoms with Crippen LogP contribution in [-0.2, 0) is 16.4 Å². The van der Waals surface area contributed by atoms with E-state index in [9.17, 15) is 8.42 Å². The first-order valence-electron chi connectivity index (χ1n) is 7.74. The van der Waals surface area contributed by atoms with Gasteiger partial charge >= 0.3 is 0 Å². The van der Waals surface area contributed by atoms with E-state index in [-0.39, 0.29) is 6.04 Å². The van der Waals surface area contributed by atoms with Gasteiger partial charge in [-0.05, 0) is 51.3 Å². The van der Waals surface area contributed by atoms with Crippen LogP contribution < -0.4 is 10.0 Å². The SMILES string of the molecule is CCCNC(CC)Cc1ccccc1S(=O)(=O)NC(C)C. The van der Waals surface area contributed by atoms with Crippen molar-refractivity contribution < 1.29 is 8.42 Å². The van der Waals surface area contributed by atoms with Crippen LogP contribution >= 0.6 is 0 Å². The molecule has 2 N–H and O–H groups in total. The van der Waals surface area contributed by atoms with Gasteiger partial charge in [-0.25, -0.2) is 13.1 Å². The molecule has 0 saturated heterocycles. The van der Waals surface area contributed by atoms with Crippen LogP contribution in [0.1, 0.15) is 46.1 Å². The van der Waals surface area contributed by atoms with Crippen molar-refractivity contribution in [1.29, 1.82) is 0 Å². The molecule has 0 radical (unpaired) electrons.